The largest absolute Gasteiger partial charge is 0.417 e. The lowest BCUT2D eigenvalue weighted by atomic mass is 10.1. The molecule has 0 unspecified atom stereocenters. The van der Waals surface area contributed by atoms with Crippen molar-refractivity contribution in [2.45, 2.75) is 18.9 Å². The molecule has 3 rings (SSSR count). The molecule has 0 saturated carbocycles. The van der Waals surface area contributed by atoms with Gasteiger partial charge < -0.3 is 9.84 Å². The van der Waals surface area contributed by atoms with Crippen molar-refractivity contribution in [2.75, 3.05) is 0 Å². The average molecular weight is 434 g/mol. The number of hydrogen-bond acceptors (Lipinski definition) is 5. The molecule has 0 aliphatic carbocycles. The Hall–Kier alpha value is -3.51. The molecule has 6 nitrogen and oxygen atoms in total. The van der Waals surface area contributed by atoms with Crippen molar-refractivity contribution in [1.29, 1.82) is 0 Å². The SMILES string of the molecule is O=C(NCc1noc(-c2ccc(C(F)(F)F)cc2F)n1)c1cnccc1C(F)(F)F. The van der Waals surface area contributed by atoms with Gasteiger partial charge in [0.25, 0.3) is 11.8 Å². The van der Waals surface area contributed by atoms with Crippen molar-refractivity contribution in [3.8, 4) is 11.5 Å². The van der Waals surface area contributed by atoms with E-state index in [9.17, 15) is 35.5 Å². The Bertz CT molecular complexity index is 1080. The van der Waals surface area contributed by atoms with Crippen molar-refractivity contribution in [1.82, 2.24) is 20.4 Å². The molecular weight excluding hydrogens is 425 g/mol. The van der Waals surface area contributed by atoms with E-state index < -0.39 is 58.8 Å². The summed E-state index contributed by atoms with van der Waals surface area (Å²) in [7, 11) is 0. The first kappa shape index (κ1) is 21.2. The number of rotatable bonds is 4. The summed E-state index contributed by atoms with van der Waals surface area (Å²) >= 11 is 0. The molecule has 0 spiro atoms. The molecule has 0 aliphatic rings. The highest BCUT2D eigenvalue weighted by Gasteiger charge is 2.35. The second-order valence-electron chi connectivity index (χ2n) is 5.81. The Balaban J connectivity index is 1.74. The minimum Gasteiger partial charge on any atom is -0.345 e. The third-order valence-corrected chi connectivity index (χ3v) is 3.77. The lowest BCUT2D eigenvalue weighted by Gasteiger charge is -2.11. The van der Waals surface area contributed by atoms with Crippen LogP contribution in [0, 0.1) is 5.82 Å². The first-order valence-corrected chi connectivity index (χ1v) is 7.96. The fraction of sp³-hybridized carbons (Fsp3) is 0.176. The molecule has 0 bridgehead atoms. The van der Waals surface area contributed by atoms with Gasteiger partial charge in [-0.1, -0.05) is 5.16 Å². The van der Waals surface area contributed by atoms with Gasteiger partial charge in [-0.25, -0.2) is 4.39 Å². The Morgan fingerprint density at radius 2 is 1.80 bits per heavy atom. The van der Waals surface area contributed by atoms with Crippen LogP contribution in [0.1, 0.15) is 27.3 Å². The van der Waals surface area contributed by atoms with Crippen molar-refractivity contribution in [3.05, 3.63) is 65.0 Å². The van der Waals surface area contributed by atoms with Crippen LogP contribution in [0.2, 0.25) is 0 Å². The molecule has 0 aliphatic heterocycles. The number of nitrogens with one attached hydrogen (secondary N) is 1. The number of benzene rings is 1. The van der Waals surface area contributed by atoms with Crippen LogP contribution in [0.3, 0.4) is 0 Å². The number of pyridine rings is 1. The zero-order chi connectivity index (χ0) is 22.1. The van der Waals surface area contributed by atoms with E-state index >= 15 is 0 Å². The standard InChI is InChI=1S/C17H9F7N4O2/c18-12-5-8(16(19,20)21)1-2-9(12)15-27-13(28-30-15)7-26-14(29)10-6-25-4-3-11(10)17(22,23)24/h1-6H,7H2,(H,26,29). The van der Waals surface area contributed by atoms with Crippen LogP contribution in [0.15, 0.2) is 41.2 Å². The van der Waals surface area contributed by atoms with Crippen molar-refractivity contribution >= 4 is 5.91 Å². The molecule has 1 aromatic carbocycles. The highest BCUT2D eigenvalue weighted by Crippen LogP contribution is 2.33. The van der Waals surface area contributed by atoms with E-state index in [0.717, 1.165) is 18.5 Å². The van der Waals surface area contributed by atoms with Gasteiger partial charge in [-0.05, 0) is 24.3 Å². The lowest BCUT2D eigenvalue weighted by Crippen LogP contribution is -2.26. The number of hydrogen-bond donors (Lipinski definition) is 1. The van der Waals surface area contributed by atoms with E-state index in [1.54, 1.807) is 0 Å². The molecule has 0 atom stereocenters. The van der Waals surface area contributed by atoms with E-state index in [4.69, 9.17) is 4.52 Å². The maximum Gasteiger partial charge on any atom is 0.417 e. The highest BCUT2D eigenvalue weighted by molar-refractivity contribution is 5.95. The number of carbonyl (C=O) groups excluding carboxylic acids is 1. The topological polar surface area (TPSA) is 80.9 Å². The number of halogens is 7. The van der Waals surface area contributed by atoms with Gasteiger partial charge in [0.05, 0.1) is 28.8 Å². The number of alkyl halides is 6. The summed E-state index contributed by atoms with van der Waals surface area (Å²) in [5, 5.41) is 5.54. The molecule has 30 heavy (non-hydrogen) atoms. The van der Waals surface area contributed by atoms with Crippen LogP contribution in [0.4, 0.5) is 30.7 Å². The number of amides is 1. The van der Waals surface area contributed by atoms with Crippen LogP contribution in [0.5, 0.6) is 0 Å². The molecule has 3 aromatic rings. The van der Waals surface area contributed by atoms with Crippen LogP contribution in [0.25, 0.3) is 11.5 Å². The third-order valence-electron chi connectivity index (χ3n) is 3.77. The van der Waals surface area contributed by atoms with Gasteiger partial charge in [0.15, 0.2) is 5.82 Å². The summed E-state index contributed by atoms with van der Waals surface area (Å²) in [6.45, 7) is -0.489. The molecule has 0 fully saturated rings. The summed E-state index contributed by atoms with van der Waals surface area (Å²) in [4.78, 5) is 19.2. The smallest absolute Gasteiger partial charge is 0.345 e. The van der Waals surface area contributed by atoms with Crippen molar-refractivity contribution in [3.63, 3.8) is 0 Å². The molecule has 0 saturated heterocycles. The van der Waals surface area contributed by atoms with Crippen LogP contribution in [-0.4, -0.2) is 21.0 Å². The van der Waals surface area contributed by atoms with E-state index in [0.29, 0.717) is 12.1 Å². The average Bonchev–Trinajstić information content (AvgIpc) is 3.13. The predicted molar refractivity (Wildman–Crippen MR) is 85.1 cm³/mol. The summed E-state index contributed by atoms with van der Waals surface area (Å²) < 4.78 is 95.3. The van der Waals surface area contributed by atoms with Gasteiger partial charge in [0, 0.05) is 12.4 Å². The summed E-state index contributed by atoms with van der Waals surface area (Å²) in [6.07, 6.45) is -7.92. The normalized spacial score (nSPS) is 12.1. The highest BCUT2D eigenvalue weighted by atomic mass is 19.4. The first-order valence-electron chi connectivity index (χ1n) is 7.96. The zero-order valence-electron chi connectivity index (χ0n) is 14.5. The number of carbonyl (C=O) groups is 1. The van der Waals surface area contributed by atoms with Gasteiger partial charge >= 0.3 is 12.4 Å². The molecule has 2 heterocycles. The minimum absolute atomic E-state index is 0.241. The van der Waals surface area contributed by atoms with E-state index in [-0.39, 0.29) is 11.9 Å². The van der Waals surface area contributed by atoms with Crippen LogP contribution in [-0.2, 0) is 18.9 Å². The molecular formula is C17H9F7N4O2. The predicted octanol–water partition coefficient (Wildman–Crippen LogP) is 4.24. The Kier molecular flexibility index (Phi) is 5.46. The fourth-order valence-corrected chi connectivity index (χ4v) is 2.38. The quantitative estimate of drug-likeness (QED) is 0.622. The Morgan fingerprint density at radius 1 is 1.07 bits per heavy atom. The summed E-state index contributed by atoms with van der Waals surface area (Å²) in [5.41, 5.74) is -3.56. The monoisotopic (exact) mass is 434 g/mol. The van der Waals surface area contributed by atoms with Gasteiger partial charge in [0.1, 0.15) is 5.82 Å². The maximum absolute atomic E-state index is 14.0. The Labute approximate surface area is 162 Å². The van der Waals surface area contributed by atoms with Crippen molar-refractivity contribution in [2.24, 2.45) is 0 Å². The third kappa shape index (κ3) is 4.55. The Morgan fingerprint density at radius 3 is 2.43 bits per heavy atom. The van der Waals surface area contributed by atoms with Gasteiger partial charge in [-0.3, -0.25) is 9.78 Å². The number of nitrogens with zero attached hydrogens (tertiary/aromatic N) is 3. The van der Waals surface area contributed by atoms with Crippen LogP contribution < -0.4 is 5.32 Å². The lowest BCUT2D eigenvalue weighted by molar-refractivity contribution is -0.138. The van der Waals surface area contributed by atoms with Gasteiger partial charge in [-0.15, -0.1) is 0 Å². The second-order valence-corrected chi connectivity index (χ2v) is 5.81. The first-order chi connectivity index (χ1) is 14.0. The van der Waals surface area contributed by atoms with Gasteiger partial charge in [-0.2, -0.15) is 31.3 Å². The van der Waals surface area contributed by atoms with E-state index in [1.165, 1.54) is 0 Å². The van der Waals surface area contributed by atoms with E-state index in [1.807, 2.05) is 0 Å². The van der Waals surface area contributed by atoms with Crippen molar-refractivity contribution < 1.29 is 40.1 Å². The van der Waals surface area contributed by atoms with Gasteiger partial charge in [0.2, 0.25) is 0 Å². The van der Waals surface area contributed by atoms with E-state index in [2.05, 4.69) is 20.4 Å². The number of aromatic nitrogens is 3. The second kappa shape index (κ2) is 7.72. The molecule has 1 amide bonds. The molecule has 13 heteroatoms. The zero-order valence-corrected chi connectivity index (χ0v) is 14.5. The molecule has 0 radical (unpaired) electrons. The fourth-order valence-electron chi connectivity index (χ4n) is 2.38. The molecule has 1 N–H and O–H groups in total. The van der Waals surface area contributed by atoms with Crippen LogP contribution >= 0.6 is 0 Å². The minimum atomic E-state index is -4.78. The summed E-state index contributed by atoms with van der Waals surface area (Å²) in [5.74, 6) is -3.10. The molecule has 158 valence electrons. The molecule has 2 aromatic heterocycles. The maximum atomic E-state index is 14.0. The summed E-state index contributed by atoms with van der Waals surface area (Å²) in [6, 6.07) is 2.29.